The van der Waals surface area contributed by atoms with Crippen LogP contribution in [0.4, 0.5) is 0 Å². The Bertz CT molecular complexity index is 8600. The Morgan fingerprint density at radius 3 is 0.948 bits per heavy atom. The van der Waals surface area contributed by atoms with Crippen LogP contribution in [0, 0.1) is 0 Å². The number of aromatic nitrogens is 6. The molecule has 538 valence electrons. The minimum absolute atomic E-state index is 0.864. The third-order valence-corrected chi connectivity index (χ3v) is 25.0. The maximum atomic E-state index is 7.04. The molecule has 0 aliphatic carbocycles. The molecule has 8 heterocycles. The van der Waals surface area contributed by atoms with E-state index in [4.69, 9.17) is 8.83 Å². The molecule has 0 saturated heterocycles. The number of hydrogen-bond acceptors (Lipinski definition) is 2. The summed E-state index contributed by atoms with van der Waals surface area (Å²) in [6.07, 6.45) is 0. The highest BCUT2D eigenvalue weighted by Gasteiger charge is 2.26. The number of fused-ring (bicyclic) bond motifs is 26. The van der Waals surface area contributed by atoms with E-state index in [1.54, 1.807) is 0 Å². The average Bonchev–Trinajstić information content (AvgIpc) is 1.55. The van der Waals surface area contributed by atoms with Crippen LogP contribution < -0.4 is 0 Å². The largest absolute Gasteiger partial charge is 0.454 e. The molecule has 0 fully saturated rings. The molecule has 8 heteroatoms. The molecule has 26 aromatic rings. The zero-order chi connectivity index (χ0) is 75.5. The predicted molar refractivity (Wildman–Crippen MR) is 483 cm³/mol. The lowest BCUT2D eigenvalue weighted by atomic mass is 9.97. The fourth-order valence-electron chi connectivity index (χ4n) is 20.0. The Hall–Kier alpha value is -15.6. The van der Waals surface area contributed by atoms with Gasteiger partial charge in [0.15, 0.2) is 11.2 Å². The predicted octanol–water partition coefficient (Wildman–Crippen LogP) is 29.1. The van der Waals surface area contributed by atoms with Gasteiger partial charge in [-0.15, -0.1) is 0 Å². The molecule has 8 nitrogen and oxygen atoms in total. The molecule has 0 atom stereocenters. The molecule has 0 bridgehead atoms. The summed E-state index contributed by atoms with van der Waals surface area (Å²) < 4.78 is 28.4. The average molecular weight is 1480 g/mol. The Kier molecular flexibility index (Phi) is 13.0. The lowest BCUT2D eigenvalue weighted by Gasteiger charge is -2.16. The van der Waals surface area contributed by atoms with E-state index < -0.39 is 0 Å². The maximum Gasteiger partial charge on any atom is 0.160 e. The Morgan fingerprint density at radius 1 is 0.155 bits per heavy atom. The summed E-state index contributed by atoms with van der Waals surface area (Å²) in [5.41, 5.74) is 30.4. The van der Waals surface area contributed by atoms with Crippen LogP contribution in [0.15, 0.2) is 397 Å². The molecule has 0 amide bonds. The van der Waals surface area contributed by atoms with Gasteiger partial charge in [0.05, 0.1) is 66.2 Å². The molecule has 0 spiro atoms. The van der Waals surface area contributed by atoms with E-state index in [0.29, 0.717) is 0 Å². The number of furan rings is 2. The van der Waals surface area contributed by atoms with E-state index >= 15 is 0 Å². The first-order valence-corrected chi connectivity index (χ1v) is 39.8. The van der Waals surface area contributed by atoms with E-state index in [0.717, 1.165) is 172 Å². The van der Waals surface area contributed by atoms with Crippen molar-refractivity contribution in [1.82, 2.24) is 27.4 Å². The van der Waals surface area contributed by atoms with Gasteiger partial charge in [-0.1, -0.05) is 231 Å². The summed E-state index contributed by atoms with van der Waals surface area (Å²) in [6.45, 7) is 0. The Labute approximate surface area is 662 Å². The molecule has 0 aliphatic rings. The standard InChI is InChI=1S/C108H64N6O2/c1-10-30-92-77(20-1)78-21-2-11-31-93(78)110(92)73-53-59-100-91(64-73)83-26-7-14-34-96(83)109(100)70-47-40-65(41-48-70)66-42-49-72(50-43-66)114-101-37-19-29-76(104(101)89-57-56-88-85-28-9-18-39-103(85)116-108(88)106(89)114)68-46-58-99-90(62-68)82-25-6-15-35-97(82)112(99)75-61-69(60-74(63-75)111-94-32-12-3-22-79(94)80-23-4-13-33-95(80)111)67-44-51-71(52-45-67)113-98-36-16-5-24-81(98)86-54-55-87-84-27-8-17-38-102(84)115-107(87)105(86)113/h1-64H. The van der Waals surface area contributed by atoms with Crippen molar-refractivity contribution < 1.29 is 8.83 Å². The highest BCUT2D eigenvalue weighted by molar-refractivity contribution is 6.26. The van der Waals surface area contributed by atoms with E-state index in [9.17, 15) is 0 Å². The molecule has 116 heavy (non-hydrogen) atoms. The van der Waals surface area contributed by atoms with Gasteiger partial charge in [-0.3, -0.25) is 0 Å². The smallest absolute Gasteiger partial charge is 0.160 e. The monoisotopic (exact) mass is 1480 g/mol. The summed E-state index contributed by atoms with van der Waals surface area (Å²) in [4.78, 5) is 0. The van der Waals surface area contributed by atoms with E-state index in [2.05, 4.69) is 410 Å². The van der Waals surface area contributed by atoms with Crippen LogP contribution in [0.3, 0.4) is 0 Å². The minimum atomic E-state index is 0.864. The Morgan fingerprint density at radius 2 is 0.466 bits per heavy atom. The summed E-state index contributed by atoms with van der Waals surface area (Å²) in [5.74, 6) is 0. The van der Waals surface area contributed by atoms with Crippen LogP contribution in [0.2, 0.25) is 0 Å². The molecule has 8 aromatic heterocycles. The van der Waals surface area contributed by atoms with Gasteiger partial charge >= 0.3 is 0 Å². The van der Waals surface area contributed by atoms with Gasteiger partial charge in [0.25, 0.3) is 0 Å². The molecule has 0 aliphatic heterocycles. The molecule has 0 radical (unpaired) electrons. The minimum Gasteiger partial charge on any atom is -0.454 e. The van der Waals surface area contributed by atoms with Gasteiger partial charge in [0, 0.05) is 120 Å². The van der Waals surface area contributed by atoms with Crippen molar-refractivity contribution in [2.45, 2.75) is 0 Å². The first-order valence-electron chi connectivity index (χ1n) is 39.8. The van der Waals surface area contributed by atoms with Crippen LogP contribution in [-0.4, -0.2) is 27.4 Å². The van der Waals surface area contributed by atoms with Crippen LogP contribution in [0.25, 0.3) is 242 Å². The zero-order valence-electron chi connectivity index (χ0n) is 62.5. The third-order valence-electron chi connectivity index (χ3n) is 25.0. The first-order chi connectivity index (χ1) is 57.5. The van der Waals surface area contributed by atoms with Crippen molar-refractivity contribution in [2.24, 2.45) is 0 Å². The normalized spacial score (nSPS) is 12.3. The van der Waals surface area contributed by atoms with Gasteiger partial charge in [0.1, 0.15) is 11.2 Å². The Balaban J connectivity index is 0.601. The van der Waals surface area contributed by atoms with Crippen LogP contribution in [-0.2, 0) is 0 Å². The third kappa shape index (κ3) is 8.92. The van der Waals surface area contributed by atoms with Gasteiger partial charge in [-0.2, -0.15) is 0 Å². The van der Waals surface area contributed by atoms with Crippen molar-refractivity contribution in [3.8, 4) is 67.5 Å². The molecule has 26 rings (SSSR count). The van der Waals surface area contributed by atoms with Crippen molar-refractivity contribution >= 4 is 175 Å². The first kappa shape index (κ1) is 63.0. The van der Waals surface area contributed by atoms with Crippen LogP contribution >= 0.6 is 0 Å². The number of para-hydroxylation sites is 9. The van der Waals surface area contributed by atoms with Gasteiger partial charge in [0.2, 0.25) is 0 Å². The molecule has 0 N–H and O–H groups in total. The summed E-state index contributed by atoms with van der Waals surface area (Å²) in [5, 5.41) is 18.8. The highest BCUT2D eigenvalue weighted by Crippen LogP contribution is 2.48. The number of rotatable bonds is 9. The second kappa shape index (κ2) is 23.9. The maximum absolute atomic E-state index is 7.04. The quantitative estimate of drug-likeness (QED) is 0.145. The van der Waals surface area contributed by atoms with E-state index in [-0.39, 0.29) is 0 Å². The lowest BCUT2D eigenvalue weighted by molar-refractivity contribution is 0.670. The lowest BCUT2D eigenvalue weighted by Crippen LogP contribution is -2.00. The number of hydrogen-bond donors (Lipinski definition) is 0. The highest BCUT2D eigenvalue weighted by atomic mass is 16.3. The fraction of sp³-hybridized carbons (Fsp3) is 0. The fourth-order valence-corrected chi connectivity index (χ4v) is 20.0. The summed E-state index contributed by atoms with van der Waals surface area (Å²) >= 11 is 0. The molecular weight excluding hydrogens is 1410 g/mol. The van der Waals surface area contributed by atoms with Crippen molar-refractivity contribution in [3.63, 3.8) is 0 Å². The SMILES string of the molecule is c1ccc2c(c1)oc1c2ccc2c3ccccc3n(-c3ccc(-c4cc(-n5c6ccccc6c6ccccc65)cc(-n5c6ccccc6c6cc(-c7cccc8c7c7ccc9c%10ccccc%10oc9c7n8-c7ccc(-c8ccc(-n9c%10ccccc%10c%10cc(-n%11c%12ccccc%12c%12ccccc%12%11)ccc%109)cc8)cc7)ccc65)c4)cc3)c21. The van der Waals surface area contributed by atoms with E-state index in [1.807, 2.05) is 6.07 Å². The summed E-state index contributed by atoms with van der Waals surface area (Å²) in [7, 11) is 0. The molecule has 0 unspecified atom stereocenters. The topological polar surface area (TPSA) is 55.9 Å². The second-order valence-corrected chi connectivity index (χ2v) is 31.0. The molecular formula is C108H64N6O2. The van der Waals surface area contributed by atoms with E-state index in [1.165, 1.54) is 70.5 Å². The summed E-state index contributed by atoms with van der Waals surface area (Å²) in [6, 6.07) is 143. The van der Waals surface area contributed by atoms with Crippen molar-refractivity contribution in [1.29, 1.82) is 0 Å². The second-order valence-electron chi connectivity index (χ2n) is 31.0. The zero-order valence-corrected chi connectivity index (χ0v) is 62.5. The van der Waals surface area contributed by atoms with Crippen molar-refractivity contribution in [3.05, 3.63) is 388 Å². The van der Waals surface area contributed by atoms with Gasteiger partial charge in [-0.25, -0.2) is 0 Å². The van der Waals surface area contributed by atoms with Crippen molar-refractivity contribution in [2.75, 3.05) is 0 Å². The number of benzene rings is 18. The van der Waals surface area contributed by atoms with Crippen LogP contribution in [0.1, 0.15) is 0 Å². The molecule has 0 saturated carbocycles. The van der Waals surface area contributed by atoms with Gasteiger partial charge < -0.3 is 36.2 Å². The number of nitrogens with zero attached hydrogens (tertiary/aromatic N) is 6. The van der Waals surface area contributed by atoms with Gasteiger partial charge in [-0.05, 0) is 191 Å². The molecule has 18 aromatic carbocycles. The van der Waals surface area contributed by atoms with Crippen LogP contribution in [0.5, 0.6) is 0 Å².